The Kier molecular flexibility index (Phi) is 8.06. The van der Waals surface area contributed by atoms with Crippen LogP contribution in [0.4, 0.5) is 19.8 Å². The van der Waals surface area contributed by atoms with Gasteiger partial charge in [0.1, 0.15) is 12.8 Å². The van der Waals surface area contributed by atoms with Gasteiger partial charge in [-0.05, 0) is 87.9 Å². The maximum absolute atomic E-state index is 13.9. The van der Waals surface area contributed by atoms with E-state index < -0.39 is 42.9 Å². The molecule has 5 aliphatic rings. The second-order valence-corrected chi connectivity index (χ2v) is 12.6. The van der Waals surface area contributed by atoms with Crippen LogP contribution in [0.1, 0.15) is 77.4 Å². The molecule has 5 fully saturated rings. The van der Waals surface area contributed by atoms with Crippen LogP contribution in [-0.2, 0) is 23.7 Å². The van der Waals surface area contributed by atoms with Gasteiger partial charge in [-0.3, -0.25) is 4.57 Å². The van der Waals surface area contributed by atoms with Crippen molar-refractivity contribution >= 4 is 29.3 Å². The predicted octanol–water partition coefficient (Wildman–Crippen LogP) is 4.92. The molecule has 0 radical (unpaired) electrons. The van der Waals surface area contributed by atoms with Gasteiger partial charge in [0, 0.05) is 6.42 Å². The zero-order valence-electron chi connectivity index (χ0n) is 24.3. The van der Waals surface area contributed by atoms with Crippen LogP contribution in [0.25, 0.3) is 11.2 Å². The number of unbranched alkanes of at least 4 members (excludes halogenated alkanes) is 1. The average molecular weight is 600 g/mol. The molecule has 1 saturated heterocycles. The molecule has 1 aliphatic heterocycles. The van der Waals surface area contributed by atoms with Gasteiger partial charge in [0.05, 0.1) is 19.5 Å². The molecule has 2 aromatic heterocycles. The molecule has 3 heterocycles. The van der Waals surface area contributed by atoms with Crippen LogP contribution >= 0.6 is 0 Å². The number of hydrogen-bond acceptors (Lipinski definition) is 11. The number of anilines is 1. The third-order valence-electron chi connectivity index (χ3n) is 9.65. The van der Waals surface area contributed by atoms with Crippen LogP contribution in [0.2, 0.25) is 0 Å². The van der Waals surface area contributed by atoms with Gasteiger partial charge in [0.25, 0.3) is 0 Å². The van der Waals surface area contributed by atoms with Crippen LogP contribution < -0.4 is 5.73 Å². The Balaban J connectivity index is 1.05. The highest BCUT2D eigenvalue weighted by Crippen LogP contribution is 2.61. The first-order valence-electron chi connectivity index (χ1n) is 15.2. The van der Waals surface area contributed by atoms with Gasteiger partial charge in [-0.25, -0.2) is 14.6 Å². The van der Waals surface area contributed by atoms with E-state index in [0.717, 1.165) is 30.6 Å². The fraction of sp³-hybridized carbons (Fsp3) is 0.700. The van der Waals surface area contributed by atoms with E-state index in [-0.39, 0.29) is 36.6 Å². The number of imidazole rings is 1. The minimum Gasteiger partial charge on any atom is -0.435 e. The topological polar surface area (TPSA) is 150 Å². The van der Waals surface area contributed by atoms with Crippen molar-refractivity contribution in [3.8, 4) is 12.3 Å². The number of carbonyl (C=O) groups excluding carboxylic acids is 2. The van der Waals surface area contributed by atoms with Crippen LogP contribution in [0.15, 0.2) is 6.33 Å². The first-order chi connectivity index (χ1) is 20.7. The lowest BCUT2D eigenvalue weighted by Crippen LogP contribution is -2.46. The summed E-state index contributed by atoms with van der Waals surface area (Å²) in [6.07, 6.45) is 13.6. The largest absolute Gasteiger partial charge is 0.508 e. The monoisotopic (exact) mass is 599 g/mol. The van der Waals surface area contributed by atoms with Crippen molar-refractivity contribution in [3.05, 3.63) is 12.4 Å². The summed E-state index contributed by atoms with van der Waals surface area (Å²) in [5.41, 5.74) is 4.80. The summed E-state index contributed by atoms with van der Waals surface area (Å²) >= 11 is 0. The van der Waals surface area contributed by atoms with Crippen LogP contribution in [0, 0.1) is 41.6 Å². The van der Waals surface area contributed by atoms with Crippen molar-refractivity contribution < 1.29 is 37.7 Å². The molecule has 4 bridgehead atoms. The molecule has 4 aliphatic carbocycles. The number of hydrogen-bond donors (Lipinski definition) is 1. The summed E-state index contributed by atoms with van der Waals surface area (Å²) in [6.45, 7) is 1.47. The van der Waals surface area contributed by atoms with Crippen molar-refractivity contribution in [2.24, 2.45) is 23.2 Å². The molecule has 43 heavy (non-hydrogen) atoms. The van der Waals surface area contributed by atoms with Crippen molar-refractivity contribution in [3.63, 3.8) is 0 Å². The van der Waals surface area contributed by atoms with Gasteiger partial charge in [0.15, 0.2) is 23.1 Å². The normalized spacial score (nSPS) is 32.4. The molecule has 2 N–H and O–H groups in total. The molecule has 0 aromatic carbocycles. The lowest BCUT2D eigenvalue weighted by molar-refractivity contribution is -0.105. The molecule has 7 rings (SSSR count). The summed E-state index contributed by atoms with van der Waals surface area (Å²) in [5, 5.41) is 0. The Morgan fingerprint density at radius 3 is 2.49 bits per heavy atom. The van der Waals surface area contributed by atoms with Crippen molar-refractivity contribution in [1.29, 1.82) is 0 Å². The number of aromatic nitrogens is 4. The SMILES string of the molecule is C#C[C@]1(COC(=O)OCCCCC23CC4CC(CC(C4)C2)C3)O[C@@H](n2cnc3c(N)nc(F)nc32)C[C@@H]1OC(=O)OCC. The van der Waals surface area contributed by atoms with Gasteiger partial charge in [-0.1, -0.05) is 5.92 Å². The number of halogens is 1. The molecule has 4 saturated carbocycles. The first kappa shape index (κ1) is 29.4. The van der Waals surface area contributed by atoms with Gasteiger partial charge in [0.2, 0.25) is 5.60 Å². The zero-order valence-corrected chi connectivity index (χ0v) is 24.3. The molecule has 2 aromatic rings. The minimum absolute atomic E-state index is 0.00271. The van der Waals surface area contributed by atoms with E-state index in [1.807, 2.05) is 0 Å². The predicted molar refractivity (Wildman–Crippen MR) is 150 cm³/mol. The quantitative estimate of drug-likeness (QED) is 0.172. The fourth-order valence-electron chi connectivity index (χ4n) is 8.30. The number of ether oxygens (including phenoxy) is 5. The molecular formula is C30H38FN5O7. The Bertz CT molecular complexity index is 1370. The lowest BCUT2D eigenvalue weighted by Gasteiger charge is -2.57. The summed E-state index contributed by atoms with van der Waals surface area (Å²) in [6, 6.07) is 0. The second kappa shape index (κ2) is 11.8. The number of carbonyl (C=O) groups is 2. The van der Waals surface area contributed by atoms with E-state index in [9.17, 15) is 14.0 Å². The highest BCUT2D eigenvalue weighted by Gasteiger charge is 2.53. The van der Waals surface area contributed by atoms with E-state index in [4.69, 9.17) is 35.8 Å². The number of nitrogen functional groups attached to an aromatic ring is 1. The summed E-state index contributed by atoms with van der Waals surface area (Å²) in [4.78, 5) is 36.2. The van der Waals surface area contributed by atoms with E-state index in [1.165, 1.54) is 55.8 Å². The van der Waals surface area contributed by atoms with Crippen molar-refractivity contribution in [2.45, 2.75) is 89.1 Å². The lowest BCUT2D eigenvalue weighted by atomic mass is 9.48. The van der Waals surface area contributed by atoms with Crippen molar-refractivity contribution in [1.82, 2.24) is 19.5 Å². The fourth-order valence-corrected chi connectivity index (χ4v) is 8.30. The average Bonchev–Trinajstić information content (AvgIpc) is 3.53. The molecule has 0 unspecified atom stereocenters. The van der Waals surface area contributed by atoms with Gasteiger partial charge in [-0.15, -0.1) is 6.42 Å². The Labute approximate surface area is 249 Å². The highest BCUT2D eigenvalue weighted by atomic mass is 19.1. The molecule has 0 spiro atoms. The first-order valence-corrected chi connectivity index (χ1v) is 15.2. The maximum Gasteiger partial charge on any atom is 0.508 e. The third-order valence-corrected chi connectivity index (χ3v) is 9.65. The van der Waals surface area contributed by atoms with E-state index in [0.29, 0.717) is 5.41 Å². The number of fused-ring (bicyclic) bond motifs is 1. The maximum atomic E-state index is 13.9. The molecule has 3 atom stereocenters. The Morgan fingerprint density at radius 1 is 1.09 bits per heavy atom. The number of rotatable bonds is 10. The van der Waals surface area contributed by atoms with Crippen LogP contribution in [0.5, 0.6) is 0 Å². The standard InChI is InChI=1S/C30H38FN5O7/c1-3-30(16-41-27(37)40-8-6-5-7-29-13-18-9-19(14-29)11-20(10-18)15-29)21(42-28(38)39-4-2)12-22(43-30)36-17-33-23-24(32)34-26(31)35-25(23)36/h1,17-22H,4-16H2,2H3,(H2,32,34,35)/t18?,19?,20?,21-,22+,29?,30+/m0/s1. The van der Waals surface area contributed by atoms with Crippen LogP contribution in [0.3, 0.4) is 0 Å². The molecule has 0 amide bonds. The minimum atomic E-state index is -1.69. The van der Waals surface area contributed by atoms with Crippen molar-refractivity contribution in [2.75, 3.05) is 25.6 Å². The highest BCUT2D eigenvalue weighted by molar-refractivity contribution is 5.81. The molecular weight excluding hydrogens is 561 g/mol. The zero-order chi connectivity index (χ0) is 30.2. The number of terminal acetylenes is 1. The summed E-state index contributed by atoms with van der Waals surface area (Å²) in [5.74, 6) is 5.07. The molecule has 232 valence electrons. The van der Waals surface area contributed by atoms with Gasteiger partial charge < -0.3 is 29.4 Å². The third kappa shape index (κ3) is 5.94. The van der Waals surface area contributed by atoms with E-state index in [2.05, 4.69) is 20.9 Å². The summed E-state index contributed by atoms with van der Waals surface area (Å²) in [7, 11) is 0. The Morgan fingerprint density at radius 2 is 1.81 bits per heavy atom. The van der Waals surface area contributed by atoms with E-state index in [1.54, 1.807) is 6.92 Å². The van der Waals surface area contributed by atoms with Gasteiger partial charge >= 0.3 is 18.4 Å². The summed E-state index contributed by atoms with van der Waals surface area (Å²) < 4.78 is 42.6. The number of nitrogens with two attached hydrogens (primary N) is 1. The Hall–Kier alpha value is -3.66. The van der Waals surface area contributed by atoms with Gasteiger partial charge in [-0.2, -0.15) is 14.4 Å². The second-order valence-electron chi connectivity index (χ2n) is 12.6. The molecule has 13 heteroatoms. The molecule has 12 nitrogen and oxygen atoms in total. The number of nitrogens with zero attached hydrogens (tertiary/aromatic N) is 4. The van der Waals surface area contributed by atoms with E-state index >= 15 is 0 Å². The smallest absolute Gasteiger partial charge is 0.435 e. The van der Waals surface area contributed by atoms with Crippen LogP contribution in [-0.4, -0.2) is 63.4 Å².